The average Bonchev–Trinajstić information content (AvgIpc) is 3.45. The first-order chi connectivity index (χ1) is 15.7. The molecule has 0 atom stereocenters. The second-order valence-corrected chi connectivity index (χ2v) is 7.93. The highest BCUT2D eigenvalue weighted by molar-refractivity contribution is 6.01. The van der Waals surface area contributed by atoms with Crippen LogP contribution in [0.5, 0.6) is 5.75 Å². The number of carbonyl (C=O) groups excluding carboxylic acids is 1. The highest BCUT2D eigenvalue weighted by Gasteiger charge is 2.14. The number of amides is 1. The van der Waals surface area contributed by atoms with Crippen molar-refractivity contribution in [1.82, 2.24) is 19.7 Å². The van der Waals surface area contributed by atoms with Gasteiger partial charge in [-0.2, -0.15) is 4.98 Å². The Balaban J connectivity index is 1.18. The van der Waals surface area contributed by atoms with Gasteiger partial charge >= 0.3 is 0 Å². The minimum absolute atomic E-state index is 0.212. The van der Waals surface area contributed by atoms with Crippen LogP contribution in [0.1, 0.15) is 41.8 Å². The maximum absolute atomic E-state index is 12.0. The Morgan fingerprint density at radius 2 is 2.06 bits per heavy atom. The zero-order valence-electron chi connectivity index (χ0n) is 18.4. The fourth-order valence-electron chi connectivity index (χ4n) is 3.73. The molecule has 0 bridgehead atoms. The second kappa shape index (κ2) is 10.8. The number of furan rings is 1. The number of aryl methyl sites for hydroxylation is 1. The zero-order valence-corrected chi connectivity index (χ0v) is 18.4. The SMILES string of the molecule is Cn1nc(NC(=O)c2ccco2)nc1NCCCOc1cccc(CN2CCCCC2)c1. The third kappa shape index (κ3) is 6.10. The third-order valence-electron chi connectivity index (χ3n) is 5.36. The van der Waals surface area contributed by atoms with Crippen molar-refractivity contribution < 1.29 is 13.9 Å². The lowest BCUT2D eigenvalue weighted by Crippen LogP contribution is -2.29. The quantitative estimate of drug-likeness (QED) is 0.467. The van der Waals surface area contributed by atoms with Gasteiger partial charge in [0, 0.05) is 20.1 Å². The molecule has 1 aliphatic rings. The Hall–Kier alpha value is -3.33. The summed E-state index contributed by atoms with van der Waals surface area (Å²) in [7, 11) is 1.77. The van der Waals surface area contributed by atoms with E-state index in [0.717, 1.165) is 18.7 Å². The largest absolute Gasteiger partial charge is 0.494 e. The summed E-state index contributed by atoms with van der Waals surface area (Å²) in [6.45, 7) is 4.63. The van der Waals surface area contributed by atoms with Gasteiger partial charge in [0.15, 0.2) is 5.76 Å². The molecule has 2 aromatic heterocycles. The number of anilines is 2. The highest BCUT2D eigenvalue weighted by Crippen LogP contribution is 2.18. The van der Waals surface area contributed by atoms with E-state index in [4.69, 9.17) is 9.15 Å². The smallest absolute Gasteiger partial charge is 0.293 e. The molecular weight excluding hydrogens is 408 g/mol. The number of nitrogens with one attached hydrogen (secondary N) is 2. The summed E-state index contributed by atoms with van der Waals surface area (Å²) < 4.78 is 12.6. The molecule has 0 spiro atoms. The number of aromatic nitrogens is 3. The number of piperidine rings is 1. The molecule has 4 rings (SSSR count). The number of likely N-dealkylation sites (tertiary alicyclic amines) is 1. The predicted molar refractivity (Wildman–Crippen MR) is 122 cm³/mol. The first-order valence-electron chi connectivity index (χ1n) is 11.1. The van der Waals surface area contributed by atoms with Crippen LogP contribution in [-0.4, -0.2) is 51.8 Å². The minimum atomic E-state index is -0.386. The average molecular weight is 439 g/mol. The van der Waals surface area contributed by atoms with Gasteiger partial charge in [-0.15, -0.1) is 5.10 Å². The molecule has 0 saturated carbocycles. The van der Waals surface area contributed by atoms with Crippen molar-refractivity contribution >= 4 is 17.8 Å². The molecule has 3 aromatic rings. The van der Waals surface area contributed by atoms with Crippen LogP contribution in [0.25, 0.3) is 0 Å². The summed E-state index contributed by atoms with van der Waals surface area (Å²) in [5, 5.41) is 10.0. The molecule has 1 aliphatic heterocycles. The van der Waals surface area contributed by atoms with E-state index < -0.39 is 0 Å². The number of nitrogens with zero attached hydrogens (tertiary/aromatic N) is 4. The number of carbonyl (C=O) groups is 1. The van der Waals surface area contributed by atoms with E-state index in [2.05, 4.69) is 43.8 Å². The van der Waals surface area contributed by atoms with E-state index in [1.54, 1.807) is 23.9 Å². The van der Waals surface area contributed by atoms with Gasteiger partial charge < -0.3 is 14.5 Å². The summed E-state index contributed by atoms with van der Waals surface area (Å²) in [4.78, 5) is 18.8. The Morgan fingerprint density at radius 3 is 2.88 bits per heavy atom. The van der Waals surface area contributed by atoms with Crippen LogP contribution in [0.2, 0.25) is 0 Å². The molecule has 9 heteroatoms. The van der Waals surface area contributed by atoms with E-state index in [9.17, 15) is 4.79 Å². The van der Waals surface area contributed by atoms with Crippen molar-refractivity contribution in [2.75, 3.05) is 36.9 Å². The van der Waals surface area contributed by atoms with Crippen LogP contribution in [0.15, 0.2) is 47.1 Å². The van der Waals surface area contributed by atoms with E-state index in [1.807, 2.05) is 6.07 Å². The highest BCUT2D eigenvalue weighted by atomic mass is 16.5. The summed E-state index contributed by atoms with van der Waals surface area (Å²) in [5.74, 6) is 1.52. The Morgan fingerprint density at radius 1 is 1.19 bits per heavy atom. The molecule has 0 unspecified atom stereocenters. The molecular formula is C23H30N6O3. The van der Waals surface area contributed by atoms with Gasteiger partial charge in [-0.3, -0.25) is 15.0 Å². The van der Waals surface area contributed by atoms with Crippen LogP contribution in [0, 0.1) is 0 Å². The number of hydrogen-bond donors (Lipinski definition) is 2. The molecule has 170 valence electrons. The number of rotatable bonds is 10. The van der Waals surface area contributed by atoms with E-state index >= 15 is 0 Å². The maximum atomic E-state index is 12.0. The molecule has 1 saturated heterocycles. The summed E-state index contributed by atoms with van der Waals surface area (Å²) in [6.07, 6.45) is 6.19. The first kappa shape index (κ1) is 21.9. The van der Waals surface area contributed by atoms with Crippen LogP contribution >= 0.6 is 0 Å². The van der Waals surface area contributed by atoms with E-state index in [-0.39, 0.29) is 17.6 Å². The molecule has 1 fully saturated rings. The van der Waals surface area contributed by atoms with Crippen LogP contribution in [-0.2, 0) is 13.6 Å². The van der Waals surface area contributed by atoms with Gasteiger partial charge in [0.25, 0.3) is 11.9 Å². The van der Waals surface area contributed by atoms with E-state index in [0.29, 0.717) is 19.1 Å². The lowest BCUT2D eigenvalue weighted by Gasteiger charge is -2.26. The van der Waals surface area contributed by atoms with Gasteiger partial charge in [-0.25, -0.2) is 4.68 Å². The summed E-state index contributed by atoms with van der Waals surface area (Å²) in [5.41, 5.74) is 1.30. The van der Waals surface area contributed by atoms with Crippen LogP contribution in [0.3, 0.4) is 0 Å². The maximum Gasteiger partial charge on any atom is 0.293 e. The summed E-state index contributed by atoms with van der Waals surface area (Å²) in [6, 6.07) is 11.6. The lowest BCUT2D eigenvalue weighted by molar-refractivity contribution is 0.0996. The Kier molecular flexibility index (Phi) is 7.39. The lowest BCUT2D eigenvalue weighted by atomic mass is 10.1. The minimum Gasteiger partial charge on any atom is -0.494 e. The van der Waals surface area contributed by atoms with Crippen molar-refractivity contribution in [2.45, 2.75) is 32.2 Å². The zero-order chi connectivity index (χ0) is 22.2. The standard InChI is InChI=1S/C23H30N6O3/c1-28-23(26-22(27-28)25-21(30)20-10-6-14-32-20)24-11-7-15-31-19-9-5-8-18(16-19)17-29-12-3-2-4-13-29/h5-6,8-10,14,16H,2-4,7,11-13,15,17H2,1H3,(H2,24,25,26,27,30). The Labute approximate surface area is 187 Å². The predicted octanol–water partition coefficient (Wildman–Crippen LogP) is 3.53. The first-order valence-corrected chi connectivity index (χ1v) is 11.1. The monoisotopic (exact) mass is 438 g/mol. The molecule has 32 heavy (non-hydrogen) atoms. The second-order valence-electron chi connectivity index (χ2n) is 7.93. The Bertz CT molecular complexity index is 995. The van der Waals surface area contributed by atoms with Crippen molar-refractivity contribution in [3.63, 3.8) is 0 Å². The van der Waals surface area contributed by atoms with Crippen molar-refractivity contribution in [3.05, 3.63) is 54.0 Å². The molecule has 9 nitrogen and oxygen atoms in total. The van der Waals surface area contributed by atoms with Crippen molar-refractivity contribution in [3.8, 4) is 5.75 Å². The van der Waals surface area contributed by atoms with Crippen molar-refractivity contribution in [2.24, 2.45) is 7.05 Å². The summed E-state index contributed by atoms with van der Waals surface area (Å²) >= 11 is 0. The number of hydrogen-bond acceptors (Lipinski definition) is 7. The molecule has 1 amide bonds. The van der Waals surface area contributed by atoms with Gasteiger partial charge in [-0.05, 0) is 62.2 Å². The molecule has 0 radical (unpaired) electrons. The fourth-order valence-corrected chi connectivity index (χ4v) is 3.73. The van der Waals surface area contributed by atoms with Crippen molar-refractivity contribution in [1.29, 1.82) is 0 Å². The molecule has 0 aliphatic carbocycles. The van der Waals surface area contributed by atoms with Gasteiger partial charge in [0.2, 0.25) is 5.95 Å². The topological polar surface area (TPSA) is 97.5 Å². The normalized spacial score (nSPS) is 14.3. The van der Waals surface area contributed by atoms with E-state index in [1.165, 1.54) is 44.2 Å². The fraction of sp³-hybridized carbons (Fsp3) is 0.435. The van der Waals surface area contributed by atoms with Gasteiger partial charge in [0.1, 0.15) is 5.75 Å². The molecule has 1 aromatic carbocycles. The van der Waals surface area contributed by atoms with Gasteiger partial charge in [-0.1, -0.05) is 18.6 Å². The third-order valence-corrected chi connectivity index (χ3v) is 5.36. The van der Waals surface area contributed by atoms with Gasteiger partial charge in [0.05, 0.1) is 12.9 Å². The molecule has 3 heterocycles. The number of benzene rings is 1. The number of ether oxygens (including phenoxy) is 1. The van der Waals surface area contributed by atoms with Crippen LogP contribution in [0.4, 0.5) is 11.9 Å². The molecule has 2 N–H and O–H groups in total. The van der Waals surface area contributed by atoms with Crippen LogP contribution < -0.4 is 15.4 Å².